The fraction of sp³-hybridized carbons (Fsp3) is 0.0667. The first-order valence-electron chi connectivity index (χ1n) is 11.6. The van der Waals surface area contributed by atoms with Crippen LogP contribution in [0.2, 0.25) is 5.02 Å². The maximum atomic E-state index is 13.7. The van der Waals surface area contributed by atoms with Gasteiger partial charge in [0.15, 0.2) is 0 Å². The molecular weight excluding hydrogens is 515 g/mol. The quantitative estimate of drug-likeness (QED) is 0.183. The fourth-order valence-electron chi connectivity index (χ4n) is 4.36. The molecule has 0 aliphatic carbocycles. The van der Waals surface area contributed by atoms with Gasteiger partial charge in [-0.2, -0.15) is 13.2 Å². The highest BCUT2D eigenvalue weighted by molar-refractivity contribution is 6.30. The number of halogens is 4. The van der Waals surface area contributed by atoms with Crippen LogP contribution in [-0.4, -0.2) is 11.9 Å². The third-order valence-corrected chi connectivity index (χ3v) is 6.32. The number of rotatable bonds is 5. The van der Waals surface area contributed by atoms with Gasteiger partial charge in [-0.25, -0.2) is 4.79 Å². The van der Waals surface area contributed by atoms with Gasteiger partial charge in [0.2, 0.25) is 6.10 Å². The van der Waals surface area contributed by atoms with Gasteiger partial charge in [0.1, 0.15) is 0 Å². The number of amides is 1. The maximum Gasteiger partial charge on any atom is 0.418 e. The Labute approximate surface area is 220 Å². The van der Waals surface area contributed by atoms with Crippen molar-refractivity contribution < 1.29 is 27.5 Å². The summed E-state index contributed by atoms with van der Waals surface area (Å²) in [6, 6.07) is 27.6. The zero-order chi connectivity index (χ0) is 26.9. The van der Waals surface area contributed by atoms with Crippen LogP contribution in [0.4, 0.5) is 18.9 Å². The Hall–Kier alpha value is -4.36. The van der Waals surface area contributed by atoms with Crippen LogP contribution in [0, 0.1) is 0 Å². The summed E-state index contributed by atoms with van der Waals surface area (Å²) in [5, 5.41) is 5.00. The molecule has 0 fully saturated rings. The van der Waals surface area contributed by atoms with E-state index in [-0.39, 0.29) is 10.6 Å². The molecule has 38 heavy (non-hydrogen) atoms. The van der Waals surface area contributed by atoms with Crippen LogP contribution in [0.25, 0.3) is 21.5 Å². The second-order valence-corrected chi connectivity index (χ2v) is 9.00. The number of carbonyl (C=O) groups is 2. The van der Waals surface area contributed by atoms with Crippen molar-refractivity contribution in [2.45, 2.75) is 12.3 Å². The molecule has 190 valence electrons. The molecule has 5 aromatic carbocycles. The van der Waals surface area contributed by atoms with Gasteiger partial charge in [0, 0.05) is 10.6 Å². The minimum absolute atomic E-state index is 0.135. The first-order chi connectivity index (χ1) is 18.2. The summed E-state index contributed by atoms with van der Waals surface area (Å²) in [5.41, 5.74) is -1.06. The van der Waals surface area contributed by atoms with Crippen molar-refractivity contribution in [3.63, 3.8) is 0 Å². The molecule has 0 bridgehead atoms. The van der Waals surface area contributed by atoms with Crippen molar-refractivity contribution in [3.8, 4) is 0 Å². The molecule has 0 radical (unpaired) electrons. The SMILES string of the molecule is O=C(OC(C(=O)Nc1ccc(Cl)cc1C(F)(F)F)c1ccccc1)c1c2ccccc2cc2ccccc12. The third kappa shape index (κ3) is 5.06. The van der Waals surface area contributed by atoms with E-state index in [0.717, 1.165) is 22.9 Å². The number of anilines is 1. The van der Waals surface area contributed by atoms with Crippen LogP contribution >= 0.6 is 11.6 Å². The molecule has 0 saturated heterocycles. The van der Waals surface area contributed by atoms with E-state index in [1.165, 1.54) is 6.07 Å². The van der Waals surface area contributed by atoms with Crippen LogP contribution in [0.1, 0.15) is 27.6 Å². The summed E-state index contributed by atoms with van der Waals surface area (Å²) < 4.78 is 46.7. The summed E-state index contributed by atoms with van der Waals surface area (Å²) in [6.07, 6.45) is -6.30. The van der Waals surface area contributed by atoms with E-state index in [2.05, 4.69) is 5.32 Å². The number of carbonyl (C=O) groups excluding carboxylic acids is 2. The van der Waals surface area contributed by atoms with E-state index in [9.17, 15) is 22.8 Å². The van der Waals surface area contributed by atoms with Crippen molar-refractivity contribution in [2.75, 3.05) is 5.32 Å². The zero-order valence-corrected chi connectivity index (χ0v) is 20.4. The standard InChI is InChI=1S/C30H19ClF3NO3/c31-21-14-15-25(24(17-21)30(32,33)34)35-28(36)27(18-8-2-1-3-9-18)38-29(37)26-22-12-6-4-10-19(22)16-20-11-5-7-13-23(20)26/h1-17,27H,(H,35,36). The Kier molecular flexibility index (Phi) is 6.78. The molecule has 8 heteroatoms. The smallest absolute Gasteiger partial charge is 0.418 e. The molecule has 5 aromatic rings. The highest BCUT2D eigenvalue weighted by atomic mass is 35.5. The molecule has 0 aliphatic rings. The number of esters is 1. The van der Waals surface area contributed by atoms with Crippen molar-refractivity contribution >= 4 is 50.7 Å². The second kappa shape index (κ2) is 10.2. The molecule has 1 amide bonds. The van der Waals surface area contributed by atoms with Gasteiger partial charge in [-0.15, -0.1) is 0 Å². The number of hydrogen-bond donors (Lipinski definition) is 1. The van der Waals surface area contributed by atoms with Crippen LogP contribution in [-0.2, 0) is 15.7 Å². The van der Waals surface area contributed by atoms with Crippen LogP contribution in [0.5, 0.6) is 0 Å². The number of hydrogen-bond acceptors (Lipinski definition) is 3. The summed E-state index contributed by atoms with van der Waals surface area (Å²) in [4.78, 5) is 27.1. The molecule has 0 aliphatic heterocycles. The normalized spacial score (nSPS) is 12.3. The van der Waals surface area contributed by atoms with Gasteiger partial charge >= 0.3 is 12.1 Å². The molecule has 0 aromatic heterocycles. The van der Waals surface area contributed by atoms with Crippen LogP contribution < -0.4 is 5.32 Å². The summed E-state index contributed by atoms with van der Waals surface area (Å²) in [5.74, 6) is -1.73. The van der Waals surface area contributed by atoms with E-state index >= 15 is 0 Å². The Bertz CT molecular complexity index is 1610. The van der Waals surface area contributed by atoms with E-state index in [0.29, 0.717) is 16.3 Å². The molecule has 0 spiro atoms. The number of nitrogens with one attached hydrogen (secondary N) is 1. The van der Waals surface area contributed by atoms with E-state index < -0.39 is 35.4 Å². The maximum absolute atomic E-state index is 13.7. The Morgan fingerprint density at radius 3 is 1.95 bits per heavy atom. The second-order valence-electron chi connectivity index (χ2n) is 8.57. The molecule has 5 rings (SSSR count). The lowest BCUT2D eigenvalue weighted by atomic mass is 9.97. The average Bonchev–Trinajstić information content (AvgIpc) is 2.91. The lowest BCUT2D eigenvalue weighted by Gasteiger charge is -2.21. The van der Waals surface area contributed by atoms with Crippen molar-refractivity contribution in [3.05, 3.63) is 125 Å². The number of fused-ring (bicyclic) bond motifs is 2. The largest absolute Gasteiger partial charge is 0.444 e. The van der Waals surface area contributed by atoms with Crippen LogP contribution in [0.15, 0.2) is 103 Å². The predicted molar refractivity (Wildman–Crippen MR) is 141 cm³/mol. The minimum atomic E-state index is -4.77. The van der Waals surface area contributed by atoms with Gasteiger partial charge < -0.3 is 10.1 Å². The lowest BCUT2D eigenvalue weighted by Crippen LogP contribution is -2.27. The van der Waals surface area contributed by atoms with Crippen molar-refractivity contribution in [1.29, 1.82) is 0 Å². The summed E-state index contributed by atoms with van der Waals surface area (Å²) in [6.45, 7) is 0. The van der Waals surface area contributed by atoms with Gasteiger partial charge in [-0.05, 0) is 45.8 Å². The predicted octanol–water partition coefficient (Wildman–Crippen LogP) is 8.20. The first kappa shape index (κ1) is 25.3. The van der Waals surface area contributed by atoms with Crippen molar-refractivity contribution in [1.82, 2.24) is 0 Å². The van der Waals surface area contributed by atoms with E-state index in [1.54, 1.807) is 54.6 Å². The zero-order valence-electron chi connectivity index (χ0n) is 19.6. The van der Waals surface area contributed by atoms with Gasteiger partial charge in [0.25, 0.3) is 5.91 Å². The number of benzene rings is 5. The first-order valence-corrected chi connectivity index (χ1v) is 11.9. The monoisotopic (exact) mass is 533 g/mol. The highest BCUT2D eigenvalue weighted by Gasteiger charge is 2.35. The summed E-state index contributed by atoms with van der Waals surface area (Å²) >= 11 is 5.77. The molecular formula is C30H19ClF3NO3. The highest BCUT2D eigenvalue weighted by Crippen LogP contribution is 2.37. The third-order valence-electron chi connectivity index (χ3n) is 6.09. The van der Waals surface area contributed by atoms with Crippen LogP contribution in [0.3, 0.4) is 0 Å². The van der Waals surface area contributed by atoms with Gasteiger partial charge in [0.05, 0.1) is 16.8 Å². The molecule has 1 unspecified atom stereocenters. The Balaban J connectivity index is 1.56. The van der Waals surface area contributed by atoms with Gasteiger partial charge in [-0.1, -0.05) is 90.5 Å². The van der Waals surface area contributed by atoms with E-state index in [1.807, 2.05) is 30.3 Å². The molecule has 1 atom stereocenters. The number of alkyl halides is 3. The lowest BCUT2D eigenvalue weighted by molar-refractivity contribution is -0.137. The molecule has 4 nitrogen and oxygen atoms in total. The average molecular weight is 534 g/mol. The van der Waals surface area contributed by atoms with Crippen molar-refractivity contribution in [2.24, 2.45) is 0 Å². The summed E-state index contributed by atoms with van der Waals surface area (Å²) in [7, 11) is 0. The molecule has 0 saturated carbocycles. The topological polar surface area (TPSA) is 55.4 Å². The molecule has 1 N–H and O–H groups in total. The van der Waals surface area contributed by atoms with Gasteiger partial charge in [-0.3, -0.25) is 4.79 Å². The molecule has 0 heterocycles. The number of ether oxygens (including phenoxy) is 1. The Morgan fingerprint density at radius 2 is 1.34 bits per heavy atom. The Morgan fingerprint density at radius 1 is 0.763 bits per heavy atom. The van der Waals surface area contributed by atoms with E-state index in [4.69, 9.17) is 16.3 Å². The fourth-order valence-corrected chi connectivity index (χ4v) is 4.53. The minimum Gasteiger partial charge on any atom is -0.444 e.